The van der Waals surface area contributed by atoms with Gasteiger partial charge in [-0.15, -0.1) is 0 Å². The predicted molar refractivity (Wildman–Crippen MR) is 85.8 cm³/mol. The highest BCUT2D eigenvalue weighted by Crippen LogP contribution is 2.30. The number of aromatic hydroxyl groups is 1. The summed E-state index contributed by atoms with van der Waals surface area (Å²) in [6, 6.07) is 5.74. The highest BCUT2D eigenvalue weighted by Gasteiger charge is 2.18. The fraction of sp³-hybridized carbons (Fsp3) is 0.647. The molecule has 1 saturated heterocycles. The summed E-state index contributed by atoms with van der Waals surface area (Å²) < 4.78 is 5.20. The predicted octanol–water partition coefficient (Wildman–Crippen LogP) is 2.61. The van der Waals surface area contributed by atoms with Crippen LogP contribution in [0.2, 0.25) is 0 Å². The van der Waals surface area contributed by atoms with Gasteiger partial charge in [-0.3, -0.25) is 4.90 Å². The molecule has 1 heterocycles. The zero-order valence-electron chi connectivity index (χ0n) is 13.3. The van der Waals surface area contributed by atoms with Crippen LogP contribution in [0, 0.1) is 5.92 Å². The van der Waals surface area contributed by atoms with E-state index in [9.17, 15) is 5.11 Å². The third-order valence-corrected chi connectivity index (χ3v) is 4.21. The molecule has 21 heavy (non-hydrogen) atoms. The summed E-state index contributed by atoms with van der Waals surface area (Å²) in [5.74, 6) is 1.61. The fourth-order valence-electron chi connectivity index (χ4n) is 3.08. The second-order valence-electron chi connectivity index (χ2n) is 5.90. The van der Waals surface area contributed by atoms with Gasteiger partial charge in [0.25, 0.3) is 0 Å². The van der Waals surface area contributed by atoms with Gasteiger partial charge >= 0.3 is 0 Å². The molecular weight excluding hydrogens is 264 g/mol. The number of phenolic OH excluding ortho intramolecular Hbond substituents is 1. The summed E-state index contributed by atoms with van der Waals surface area (Å²) in [6.07, 6.45) is 3.64. The summed E-state index contributed by atoms with van der Waals surface area (Å²) in [6.45, 7) is 7.46. The lowest BCUT2D eigenvalue weighted by Crippen LogP contribution is -2.36. The van der Waals surface area contributed by atoms with Gasteiger partial charge in [0.2, 0.25) is 0 Å². The van der Waals surface area contributed by atoms with Crippen LogP contribution in [-0.2, 0) is 6.54 Å². The van der Waals surface area contributed by atoms with Crippen LogP contribution in [0.4, 0.5) is 0 Å². The zero-order valence-corrected chi connectivity index (χ0v) is 13.3. The van der Waals surface area contributed by atoms with Crippen LogP contribution in [0.15, 0.2) is 18.2 Å². The Hall–Kier alpha value is -1.26. The normalized spacial score (nSPS) is 16.3. The Labute approximate surface area is 128 Å². The second kappa shape index (κ2) is 8.25. The van der Waals surface area contributed by atoms with Gasteiger partial charge < -0.3 is 15.2 Å². The lowest BCUT2D eigenvalue weighted by atomic mass is 9.97. The highest BCUT2D eigenvalue weighted by atomic mass is 16.5. The molecule has 2 N–H and O–H groups in total. The van der Waals surface area contributed by atoms with Crippen LogP contribution in [0.5, 0.6) is 11.5 Å². The minimum absolute atomic E-state index is 0.284. The number of hydrogen-bond donors (Lipinski definition) is 2. The molecule has 0 aromatic heterocycles. The number of nitrogens with zero attached hydrogens (tertiary/aromatic N) is 1. The van der Waals surface area contributed by atoms with E-state index in [2.05, 4.69) is 17.1 Å². The molecule has 4 heteroatoms. The third kappa shape index (κ3) is 4.61. The molecular formula is C17H28N2O2. The molecule has 2 rings (SSSR count). The molecule has 118 valence electrons. The Morgan fingerprint density at radius 3 is 2.76 bits per heavy atom. The van der Waals surface area contributed by atoms with Gasteiger partial charge in [-0.2, -0.15) is 0 Å². The maximum atomic E-state index is 10.3. The SMILES string of the molecule is CCCN(Cc1cccc(OC)c1O)CC1CCNCC1. The van der Waals surface area contributed by atoms with Crippen molar-refractivity contribution < 1.29 is 9.84 Å². The maximum Gasteiger partial charge on any atom is 0.162 e. The molecule has 1 fully saturated rings. The van der Waals surface area contributed by atoms with Crippen LogP contribution < -0.4 is 10.1 Å². The van der Waals surface area contributed by atoms with Crippen molar-refractivity contribution in [2.45, 2.75) is 32.7 Å². The smallest absolute Gasteiger partial charge is 0.162 e. The largest absolute Gasteiger partial charge is 0.504 e. The molecule has 0 atom stereocenters. The number of ether oxygens (including phenoxy) is 1. The number of phenols is 1. The van der Waals surface area contributed by atoms with Crippen molar-refractivity contribution >= 4 is 0 Å². The topological polar surface area (TPSA) is 44.7 Å². The van der Waals surface area contributed by atoms with Crippen LogP contribution in [0.3, 0.4) is 0 Å². The van der Waals surface area contributed by atoms with E-state index in [0.717, 1.165) is 50.6 Å². The van der Waals surface area contributed by atoms with Crippen LogP contribution in [0.25, 0.3) is 0 Å². The van der Waals surface area contributed by atoms with Crippen molar-refractivity contribution in [3.8, 4) is 11.5 Å². The van der Waals surface area contributed by atoms with Gasteiger partial charge in [0, 0.05) is 18.7 Å². The monoisotopic (exact) mass is 292 g/mol. The average Bonchev–Trinajstić information content (AvgIpc) is 2.50. The summed E-state index contributed by atoms with van der Waals surface area (Å²) in [5, 5.41) is 13.7. The number of para-hydroxylation sites is 1. The van der Waals surface area contributed by atoms with Gasteiger partial charge in [-0.25, -0.2) is 0 Å². The first-order chi connectivity index (χ1) is 10.2. The van der Waals surface area contributed by atoms with Gasteiger partial charge in [0.1, 0.15) is 0 Å². The summed E-state index contributed by atoms with van der Waals surface area (Å²) >= 11 is 0. The molecule has 0 radical (unpaired) electrons. The minimum atomic E-state index is 0.284. The first kappa shape index (κ1) is 16.1. The maximum absolute atomic E-state index is 10.3. The van der Waals surface area contributed by atoms with Crippen molar-refractivity contribution in [3.63, 3.8) is 0 Å². The van der Waals surface area contributed by atoms with E-state index in [1.807, 2.05) is 12.1 Å². The van der Waals surface area contributed by atoms with E-state index in [0.29, 0.717) is 5.75 Å². The van der Waals surface area contributed by atoms with Gasteiger partial charge in [-0.05, 0) is 50.9 Å². The Morgan fingerprint density at radius 2 is 2.10 bits per heavy atom. The van der Waals surface area contributed by atoms with Crippen molar-refractivity contribution in [3.05, 3.63) is 23.8 Å². The van der Waals surface area contributed by atoms with E-state index in [1.165, 1.54) is 12.8 Å². The van der Waals surface area contributed by atoms with Crippen molar-refractivity contribution in [1.82, 2.24) is 10.2 Å². The molecule has 0 aliphatic carbocycles. The van der Waals surface area contributed by atoms with Gasteiger partial charge in [0.15, 0.2) is 11.5 Å². The quantitative estimate of drug-likeness (QED) is 0.811. The van der Waals surface area contributed by atoms with E-state index in [4.69, 9.17) is 4.74 Å². The van der Waals surface area contributed by atoms with Crippen LogP contribution in [0.1, 0.15) is 31.7 Å². The lowest BCUT2D eigenvalue weighted by molar-refractivity contribution is 0.196. The molecule has 1 aromatic carbocycles. The number of rotatable bonds is 7. The first-order valence-electron chi connectivity index (χ1n) is 8.02. The fourth-order valence-corrected chi connectivity index (χ4v) is 3.08. The molecule has 0 amide bonds. The number of nitrogens with one attached hydrogen (secondary N) is 1. The Balaban J connectivity index is 2.01. The van der Waals surface area contributed by atoms with Gasteiger partial charge in [0.05, 0.1) is 7.11 Å². The number of methoxy groups -OCH3 is 1. The number of benzene rings is 1. The zero-order chi connectivity index (χ0) is 15.1. The van der Waals surface area contributed by atoms with Crippen LogP contribution >= 0.6 is 0 Å². The molecule has 1 aliphatic heterocycles. The van der Waals surface area contributed by atoms with Crippen molar-refractivity contribution in [1.29, 1.82) is 0 Å². The van der Waals surface area contributed by atoms with Crippen molar-refractivity contribution in [2.24, 2.45) is 5.92 Å². The first-order valence-corrected chi connectivity index (χ1v) is 8.02. The summed E-state index contributed by atoms with van der Waals surface area (Å²) in [7, 11) is 1.59. The molecule has 1 aliphatic rings. The Kier molecular flexibility index (Phi) is 6.33. The molecule has 0 saturated carbocycles. The minimum Gasteiger partial charge on any atom is -0.504 e. The molecule has 0 unspecified atom stereocenters. The number of piperidine rings is 1. The lowest BCUT2D eigenvalue weighted by Gasteiger charge is -2.30. The van der Waals surface area contributed by atoms with Crippen molar-refractivity contribution in [2.75, 3.05) is 33.3 Å². The van der Waals surface area contributed by atoms with E-state index >= 15 is 0 Å². The second-order valence-corrected chi connectivity index (χ2v) is 5.90. The van der Waals surface area contributed by atoms with Crippen LogP contribution in [-0.4, -0.2) is 43.3 Å². The molecule has 0 spiro atoms. The average molecular weight is 292 g/mol. The molecule has 0 bridgehead atoms. The van der Waals surface area contributed by atoms with Gasteiger partial charge in [-0.1, -0.05) is 19.1 Å². The van der Waals surface area contributed by atoms with E-state index < -0.39 is 0 Å². The molecule has 4 nitrogen and oxygen atoms in total. The van der Waals surface area contributed by atoms with E-state index in [1.54, 1.807) is 13.2 Å². The molecule has 1 aromatic rings. The third-order valence-electron chi connectivity index (χ3n) is 4.21. The van der Waals surface area contributed by atoms with E-state index in [-0.39, 0.29) is 5.75 Å². The highest BCUT2D eigenvalue weighted by molar-refractivity contribution is 5.45. The Bertz CT molecular complexity index is 431. The Morgan fingerprint density at radius 1 is 1.33 bits per heavy atom. The standard InChI is InChI=1S/C17H28N2O2/c1-3-11-19(12-14-7-9-18-10-8-14)13-15-5-4-6-16(21-2)17(15)20/h4-6,14,18,20H,3,7-13H2,1-2H3. The summed E-state index contributed by atoms with van der Waals surface area (Å²) in [4.78, 5) is 2.46. The number of hydrogen-bond acceptors (Lipinski definition) is 4. The summed E-state index contributed by atoms with van der Waals surface area (Å²) in [5.41, 5.74) is 0.955.